The number of amides is 1. The molecule has 22 heavy (non-hydrogen) atoms. The summed E-state index contributed by atoms with van der Waals surface area (Å²) in [6.07, 6.45) is 0.764. The number of nitrogens with one attached hydrogen (secondary N) is 2. The molecule has 1 aromatic carbocycles. The van der Waals surface area contributed by atoms with E-state index in [4.69, 9.17) is 0 Å². The number of thiazole rings is 1. The zero-order chi connectivity index (χ0) is 15.4. The monoisotopic (exact) mass is 316 g/mol. The van der Waals surface area contributed by atoms with Crippen LogP contribution in [-0.2, 0) is 6.42 Å². The van der Waals surface area contributed by atoms with Gasteiger partial charge >= 0.3 is 0 Å². The molecule has 0 aliphatic carbocycles. The van der Waals surface area contributed by atoms with Crippen molar-refractivity contribution in [1.82, 2.24) is 10.3 Å². The average Bonchev–Trinajstić information content (AvgIpc) is 3.01. The van der Waals surface area contributed by atoms with Crippen molar-refractivity contribution >= 4 is 28.1 Å². The molecule has 0 bridgehead atoms. The van der Waals surface area contributed by atoms with Gasteiger partial charge in [-0.25, -0.2) is 4.98 Å². The van der Waals surface area contributed by atoms with Crippen LogP contribution < -0.4 is 15.5 Å². The minimum atomic E-state index is -0.0677. The molecule has 1 saturated heterocycles. The van der Waals surface area contributed by atoms with E-state index in [1.54, 1.807) is 0 Å². The molecule has 116 valence electrons. The van der Waals surface area contributed by atoms with Gasteiger partial charge in [0.1, 0.15) is 4.88 Å². The van der Waals surface area contributed by atoms with Gasteiger partial charge in [-0.2, -0.15) is 0 Å². The molecular weight excluding hydrogens is 296 g/mol. The summed E-state index contributed by atoms with van der Waals surface area (Å²) >= 11 is 1.49. The van der Waals surface area contributed by atoms with Crippen molar-refractivity contribution in [2.75, 3.05) is 36.4 Å². The van der Waals surface area contributed by atoms with Gasteiger partial charge in [-0.05, 0) is 18.6 Å². The van der Waals surface area contributed by atoms with Crippen LogP contribution in [0.25, 0.3) is 0 Å². The molecule has 1 aliphatic heterocycles. The van der Waals surface area contributed by atoms with Crippen molar-refractivity contribution in [3.8, 4) is 0 Å². The second-order valence-electron chi connectivity index (χ2n) is 5.18. The fourth-order valence-electron chi connectivity index (χ4n) is 2.46. The number of piperazine rings is 1. The lowest BCUT2D eigenvalue weighted by Crippen LogP contribution is -2.43. The lowest BCUT2D eigenvalue weighted by Gasteiger charge is -2.26. The second kappa shape index (κ2) is 6.89. The van der Waals surface area contributed by atoms with Crippen LogP contribution >= 0.6 is 11.3 Å². The Labute approximate surface area is 134 Å². The molecule has 3 rings (SSSR count). The van der Waals surface area contributed by atoms with Crippen LogP contribution in [0.2, 0.25) is 0 Å². The number of aromatic nitrogens is 1. The highest BCUT2D eigenvalue weighted by atomic mass is 32.1. The molecule has 1 aromatic heterocycles. The van der Waals surface area contributed by atoms with Gasteiger partial charge in [-0.15, -0.1) is 0 Å². The van der Waals surface area contributed by atoms with Crippen LogP contribution in [0.5, 0.6) is 0 Å². The van der Waals surface area contributed by atoms with E-state index < -0.39 is 0 Å². The summed E-state index contributed by atoms with van der Waals surface area (Å²) in [6.45, 7) is 5.85. The lowest BCUT2D eigenvalue weighted by molar-refractivity contribution is 0.102. The third-order valence-electron chi connectivity index (χ3n) is 3.65. The SMILES string of the molecule is CCc1nc(N2CCNCC2)sc1C(=O)Nc1ccccc1. The normalized spacial score (nSPS) is 14.9. The van der Waals surface area contributed by atoms with Gasteiger partial charge in [-0.3, -0.25) is 4.79 Å². The van der Waals surface area contributed by atoms with Crippen molar-refractivity contribution in [3.05, 3.63) is 40.9 Å². The van der Waals surface area contributed by atoms with E-state index in [-0.39, 0.29) is 5.91 Å². The summed E-state index contributed by atoms with van der Waals surface area (Å²) in [5.74, 6) is -0.0677. The molecule has 0 atom stereocenters. The molecule has 0 spiro atoms. The Morgan fingerprint density at radius 2 is 2.05 bits per heavy atom. The fraction of sp³-hybridized carbons (Fsp3) is 0.375. The topological polar surface area (TPSA) is 57.3 Å². The Morgan fingerprint density at radius 1 is 1.32 bits per heavy atom. The molecular formula is C16H20N4OS. The summed E-state index contributed by atoms with van der Waals surface area (Å²) < 4.78 is 0. The molecule has 0 unspecified atom stereocenters. The van der Waals surface area contributed by atoms with Gasteiger partial charge < -0.3 is 15.5 Å². The number of carbonyl (C=O) groups is 1. The first-order valence-electron chi connectivity index (χ1n) is 7.59. The zero-order valence-electron chi connectivity index (χ0n) is 12.6. The minimum absolute atomic E-state index is 0.0677. The fourth-order valence-corrected chi connectivity index (χ4v) is 3.56. The molecule has 2 N–H and O–H groups in total. The van der Waals surface area contributed by atoms with Gasteiger partial charge in [0.2, 0.25) is 0 Å². The number of hydrogen-bond acceptors (Lipinski definition) is 5. The highest BCUT2D eigenvalue weighted by Gasteiger charge is 2.21. The largest absolute Gasteiger partial charge is 0.346 e. The molecule has 1 fully saturated rings. The first-order chi connectivity index (χ1) is 10.8. The molecule has 0 radical (unpaired) electrons. The quantitative estimate of drug-likeness (QED) is 0.909. The first kappa shape index (κ1) is 15.0. The van der Waals surface area contributed by atoms with E-state index in [0.717, 1.165) is 54.0 Å². The van der Waals surface area contributed by atoms with Crippen LogP contribution in [0.3, 0.4) is 0 Å². The number of aryl methyl sites for hydroxylation is 1. The lowest BCUT2D eigenvalue weighted by atomic mass is 10.2. The molecule has 5 nitrogen and oxygen atoms in total. The number of nitrogens with zero attached hydrogens (tertiary/aromatic N) is 2. The van der Waals surface area contributed by atoms with Crippen molar-refractivity contribution in [1.29, 1.82) is 0 Å². The number of benzene rings is 1. The number of carbonyl (C=O) groups excluding carboxylic acids is 1. The molecule has 1 amide bonds. The standard InChI is InChI=1S/C16H20N4OS/c1-2-13-14(15(21)18-12-6-4-3-5-7-12)22-16(19-13)20-10-8-17-9-11-20/h3-7,17H,2,8-11H2,1H3,(H,18,21). The zero-order valence-corrected chi connectivity index (χ0v) is 13.4. The summed E-state index contributed by atoms with van der Waals surface area (Å²) in [5, 5.41) is 7.24. The van der Waals surface area contributed by atoms with E-state index >= 15 is 0 Å². The Bertz CT molecular complexity index is 635. The van der Waals surface area contributed by atoms with Gasteiger partial charge in [0.25, 0.3) is 5.91 Å². The smallest absolute Gasteiger partial charge is 0.267 e. The van der Waals surface area contributed by atoms with Crippen LogP contribution in [0.15, 0.2) is 30.3 Å². The molecule has 0 saturated carbocycles. The number of para-hydroxylation sites is 1. The van der Waals surface area contributed by atoms with E-state index in [1.807, 2.05) is 37.3 Å². The van der Waals surface area contributed by atoms with E-state index in [1.165, 1.54) is 11.3 Å². The Morgan fingerprint density at radius 3 is 2.73 bits per heavy atom. The first-order valence-corrected chi connectivity index (χ1v) is 8.41. The van der Waals surface area contributed by atoms with E-state index in [2.05, 4.69) is 20.5 Å². The number of rotatable bonds is 4. The minimum Gasteiger partial charge on any atom is -0.346 e. The Hall–Kier alpha value is -1.92. The Kier molecular flexibility index (Phi) is 4.70. The second-order valence-corrected chi connectivity index (χ2v) is 6.16. The summed E-state index contributed by atoms with van der Waals surface area (Å²) in [6, 6.07) is 9.54. The van der Waals surface area contributed by atoms with Crippen LogP contribution in [0.1, 0.15) is 22.3 Å². The third kappa shape index (κ3) is 3.28. The number of hydrogen-bond donors (Lipinski definition) is 2. The van der Waals surface area contributed by atoms with Crippen LogP contribution in [0.4, 0.5) is 10.8 Å². The summed E-state index contributed by atoms with van der Waals surface area (Å²) in [5.41, 5.74) is 1.69. The predicted octanol–water partition coefficient (Wildman–Crippen LogP) is 2.37. The maximum atomic E-state index is 12.5. The van der Waals surface area contributed by atoms with Crippen LogP contribution in [-0.4, -0.2) is 37.1 Å². The van der Waals surface area contributed by atoms with E-state index in [0.29, 0.717) is 0 Å². The predicted molar refractivity (Wildman–Crippen MR) is 91.0 cm³/mol. The van der Waals surface area contributed by atoms with Crippen LogP contribution in [0, 0.1) is 0 Å². The molecule has 2 heterocycles. The maximum Gasteiger partial charge on any atom is 0.267 e. The summed E-state index contributed by atoms with van der Waals surface area (Å²) in [4.78, 5) is 20.2. The van der Waals surface area contributed by atoms with Crippen molar-refractivity contribution < 1.29 is 4.79 Å². The molecule has 2 aromatic rings. The van der Waals surface area contributed by atoms with E-state index in [9.17, 15) is 4.79 Å². The van der Waals surface area contributed by atoms with Gasteiger partial charge in [0.05, 0.1) is 5.69 Å². The highest BCUT2D eigenvalue weighted by molar-refractivity contribution is 7.17. The molecule has 6 heteroatoms. The van der Waals surface area contributed by atoms with Gasteiger partial charge in [0, 0.05) is 31.9 Å². The Balaban J connectivity index is 1.80. The third-order valence-corrected chi connectivity index (χ3v) is 4.80. The van der Waals surface area contributed by atoms with Crippen molar-refractivity contribution in [2.24, 2.45) is 0 Å². The molecule has 1 aliphatic rings. The van der Waals surface area contributed by atoms with Gasteiger partial charge in [0.15, 0.2) is 5.13 Å². The highest BCUT2D eigenvalue weighted by Crippen LogP contribution is 2.28. The average molecular weight is 316 g/mol. The summed E-state index contributed by atoms with van der Waals surface area (Å²) in [7, 11) is 0. The van der Waals surface area contributed by atoms with Crippen molar-refractivity contribution in [2.45, 2.75) is 13.3 Å². The van der Waals surface area contributed by atoms with Crippen molar-refractivity contribution in [3.63, 3.8) is 0 Å². The number of anilines is 2. The maximum absolute atomic E-state index is 12.5. The van der Waals surface area contributed by atoms with Gasteiger partial charge in [-0.1, -0.05) is 36.5 Å².